The maximum Gasteiger partial charge on any atom is 0.199 e. The maximum atomic E-state index is 6.09. The van der Waals surface area contributed by atoms with Gasteiger partial charge in [0.1, 0.15) is 5.58 Å². The number of benzene rings is 1. The van der Waals surface area contributed by atoms with Crippen LogP contribution in [-0.4, -0.2) is 6.04 Å². The van der Waals surface area contributed by atoms with E-state index in [1.54, 1.807) is 0 Å². The minimum atomic E-state index is 0.490. The van der Waals surface area contributed by atoms with Crippen LogP contribution in [-0.2, 0) is 6.54 Å². The van der Waals surface area contributed by atoms with E-state index in [2.05, 4.69) is 19.2 Å². The van der Waals surface area contributed by atoms with Crippen LogP contribution in [0.3, 0.4) is 0 Å². The average Bonchev–Trinajstić information content (AvgIpc) is 2.62. The number of furan rings is 1. The summed E-state index contributed by atoms with van der Waals surface area (Å²) in [5.74, 6) is 0. The first-order valence-electron chi connectivity index (χ1n) is 5.61. The van der Waals surface area contributed by atoms with Crippen molar-refractivity contribution in [3.8, 4) is 0 Å². The summed E-state index contributed by atoms with van der Waals surface area (Å²) in [6, 6.07) is 8.42. The lowest BCUT2D eigenvalue weighted by Crippen LogP contribution is -2.24. The molecule has 1 unspecified atom stereocenters. The number of fused-ring (bicyclic) bond motifs is 1. The highest BCUT2D eigenvalue weighted by Gasteiger charge is 2.12. The van der Waals surface area contributed by atoms with Gasteiger partial charge in [0.2, 0.25) is 0 Å². The molecule has 0 amide bonds. The van der Waals surface area contributed by atoms with Gasteiger partial charge in [0, 0.05) is 23.5 Å². The molecular weight excluding hydrogens is 222 g/mol. The van der Waals surface area contributed by atoms with Crippen molar-refractivity contribution in [2.24, 2.45) is 0 Å². The number of nitrogens with one attached hydrogen (secondary N) is 1. The van der Waals surface area contributed by atoms with Gasteiger partial charge in [-0.15, -0.1) is 0 Å². The summed E-state index contributed by atoms with van der Waals surface area (Å²) in [5.41, 5.74) is 1.91. The molecule has 0 saturated carbocycles. The first kappa shape index (κ1) is 11.5. The maximum absolute atomic E-state index is 6.09. The molecule has 1 aromatic heterocycles. The van der Waals surface area contributed by atoms with Crippen LogP contribution in [0.4, 0.5) is 0 Å². The molecule has 0 fully saturated rings. The SMILES string of the molecule is CCC(C)NCc1c(Cl)oc2ccccc12. The van der Waals surface area contributed by atoms with Crippen LogP contribution in [0.5, 0.6) is 0 Å². The number of para-hydroxylation sites is 1. The lowest BCUT2D eigenvalue weighted by Gasteiger charge is -2.10. The number of halogens is 1. The number of rotatable bonds is 4. The van der Waals surface area contributed by atoms with E-state index >= 15 is 0 Å². The fourth-order valence-corrected chi connectivity index (χ4v) is 1.91. The standard InChI is InChI=1S/C13H16ClNO/c1-3-9(2)15-8-11-10-6-4-5-7-12(10)16-13(11)14/h4-7,9,15H,3,8H2,1-2H3. The third kappa shape index (κ3) is 2.23. The van der Waals surface area contributed by atoms with Crippen LogP contribution in [0.15, 0.2) is 28.7 Å². The predicted molar refractivity (Wildman–Crippen MR) is 67.8 cm³/mol. The molecule has 1 heterocycles. The van der Waals surface area contributed by atoms with Crippen LogP contribution < -0.4 is 5.32 Å². The summed E-state index contributed by atoms with van der Waals surface area (Å²) in [6.45, 7) is 5.08. The van der Waals surface area contributed by atoms with Gasteiger partial charge in [-0.1, -0.05) is 25.1 Å². The van der Waals surface area contributed by atoms with Gasteiger partial charge in [-0.2, -0.15) is 0 Å². The molecule has 0 aliphatic carbocycles. The van der Waals surface area contributed by atoms with Crippen molar-refractivity contribution in [3.05, 3.63) is 35.0 Å². The van der Waals surface area contributed by atoms with Crippen molar-refractivity contribution >= 4 is 22.6 Å². The molecule has 1 aromatic carbocycles. The second kappa shape index (κ2) is 4.89. The van der Waals surface area contributed by atoms with E-state index in [0.717, 1.165) is 29.5 Å². The van der Waals surface area contributed by atoms with Gasteiger partial charge in [0.15, 0.2) is 5.22 Å². The molecule has 0 bridgehead atoms. The smallest absolute Gasteiger partial charge is 0.199 e. The Bertz CT molecular complexity index is 478. The first-order valence-corrected chi connectivity index (χ1v) is 5.99. The van der Waals surface area contributed by atoms with Gasteiger partial charge >= 0.3 is 0 Å². The van der Waals surface area contributed by atoms with Gasteiger partial charge < -0.3 is 9.73 Å². The summed E-state index contributed by atoms with van der Waals surface area (Å²) in [6.07, 6.45) is 1.10. The molecule has 1 N–H and O–H groups in total. The van der Waals surface area contributed by atoms with Gasteiger partial charge in [-0.25, -0.2) is 0 Å². The van der Waals surface area contributed by atoms with Crippen LogP contribution >= 0.6 is 11.6 Å². The zero-order valence-electron chi connectivity index (χ0n) is 9.59. The third-order valence-corrected chi connectivity index (χ3v) is 3.19. The van der Waals surface area contributed by atoms with Gasteiger partial charge in [0.25, 0.3) is 0 Å². The minimum Gasteiger partial charge on any atom is -0.444 e. The molecule has 0 aliphatic heterocycles. The van der Waals surface area contributed by atoms with Crippen LogP contribution in [0, 0.1) is 0 Å². The molecular formula is C13H16ClNO. The zero-order chi connectivity index (χ0) is 11.5. The van der Waals surface area contributed by atoms with Crippen LogP contribution in [0.2, 0.25) is 5.22 Å². The Morgan fingerprint density at radius 2 is 2.12 bits per heavy atom. The van der Waals surface area contributed by atoms with Crippen molar-refractivity contribution in [1.29, 1.82) is 0 Å². The zero-order valence-corrected chi connectivity index (χ0v) is 10.3. The van der Waals surface area contributed by atoms with Crippen molar-refractivity contribution in [2.75, 3.05) is 0 Å². The summed E-state index contributed by atoms with van der Waals surface area (Å²) in [5, 5.41) is 5.02. The van der Waals surface area contributed by atoms with Crippen molar-refractivity contribution in [1.82, 2.24) is 5.32 Å². The number of hydrogen-bond acceptors (Lipinski definition) is 2. The Hall–Kier alpha value is -0.990. The largest absolute Gasteiger partial charge is 0.444 e. The monoisotopic (exact) mass is 237 g/mol. The molecule has 86 valence electrons. The highest BCUT2D eigenvalue weighted by molar-refractivity contribution is 6.30. The van der Waals surface area contributed by atoms with Crippen LogP contribution in [0.25, 0.3) is 11.0 Å². The lowest BCUT2D eigenvalue weighted by molar-refractivity contribution is 0.529. The van der Waals surface area contributed by atoms with Gasteiger partial charge in [0.05, 0.1) is 0 Å². The quantitative estimate of drug-likeness (QED) is 0.870. The summed E-state index contributed by atoms with van der Waals surface area (Å²) in [4.78, 5) is 0. The molecule has 0 aliphatic rings. The first-order chi connectivity index (χ1) is 7.72. The fraction of sp³-hybridized carbons (Fsp3) is 0.385. The van der Waals surface area contributed by atoms with Crippen molar-refractivity contribution < 1.29 is 4.42 Å². The average molecular weight is 238 g/mol. The Balaban J connectivity index is 2.26. The second-order valence-corrected chi connectivity index (χ2v) is 4.38. The molecule has 2 rings (SSSR count). The van der Waals surface area contributed by atoms with E-state index in [-0.39, 0.29) is 0 Å². The van der Waals surface area contributed by atoms with E-state index in [1.807, 2.05) is 24.3 Å². The Labute approximate surface area is 101 Å². The van der Waals surface area contributed by atoms with Gasteiger partial charge in [-0.05, 0) is 31.0 Å². The molecule has 1 atom stereocenters. The predicted octanol–water partition coefficient (Wildman–Crippen LogP) is 3.97. The van der Waals surface area contributed by atoms with E-state index in [4.69, 9.17) is 16.0 Å². The van der Waals surface area contributed by atoms with Gasteiger partial charge in [-0.3, -0.25) is 0 Å². The molecule has 0 spiro atoms. The van der Waals surface area contributed by atoms with Crippen molar-refractivity contribution in [2.45, 2.75) is 32.9 Å². The Morgan fingerprint density at radius 1 is 1.38 bits per heavy atom. The van der Waals surface area contributed by atoms with E-state index in [1.165, 1.54) is 0 Å². The summed E-state index contributed by atoms with van der Waals surface area (Å²) < 4.78 is 5.49. The molecule has 16 heavy (non-hydrogen) atoms. The third-order valence-electron chi connectivity index (χ3n) is 2.89. The fourth-order valence-electron chi connectivity index (χ4n) is 1.65. The van der Waals surface area contributed by atoms with E-state index in [9.17, 15) is 0 Å². The molecule has 2 aromatic rings. The molecule has 0 radical (unpaired) electrons. The minimum absolute atomic E-state index is 0.490. The lowest BCUT2D eigenvalue weighted by atomic mass is 10.1. The molecule has 3 heteroatoms. The topological polar surface area (TPSA) is 25.2 Å². The second-order valence-electron chi connectivity index (χ2n) is 4.04. The Morgan fingerprint density at radius 3 is 2.88 bits per heavy atom. The van der Waals surface area contributed by atoms with Crippen LogP contribution in [0.1, 0.15) is 25.8 Å². The number of hydrogen-bond donors (Lipinski definition) is 1. The highest BCUT2D eigenvalue weighted by Crippen LogP contribution is 2.29. The van der Waals surface area contributed by atoms with E-state index < -0.39 is 0 Å². The summed E-state index contributed by atoms with van der Waals surface area (Å²) in [7, 11) is 0. The molecule has 0 saturated heterocycles. The van der Waals surface area contributed by atoms with E-state index in [0.29, 0.717) is 11.3 Å². The molecule has 2 nitrogen and oxygen atoms in total. The highest BCUT2D eigenvalue weighted by atomic mass is 35.5. The summed E-state index contributed by atoms with van der Waals surface area (Å²) >= 11 is 6.09. The van der Waals surface area contributed by atoms with Crippen molar-refractivity contribution in [3.63, 3.8) is 0 Å². The normalized spacial score (nSPS) is 13.2. The Kier molecular flexibility index (Phi) is 3.52.